The van der Waals surface area contributed by atoms with Crippen LogP contribution in [0.2, 0.25) is 0 Å². The van der Waals surface area contributed by atoms with Gasteiger partial charge in [0.1, 0.15) is 11.3 Å². The van der Waals surface area contributed by atoms with E-state index in [1.165, 1.54) is 0 Å². The first-order valence-electron chi connectivity index (χ1n) is 7.31. The molecule has 1 heterocycles. The molecule has 0 fully saturated rings. The molecule has 0 aliphatic heterocycles. The molecule has 22 heavy (non-hydrogen) atoms. The molecule has 0 aliphatic carbocycles. The number of hydrogen-bond donors (Lipinski definition) is 1. The van der Waals surface area contributed by atoms with Crippen LogP contribution in [-0.4, -0.2) is 23.1 Å². The fourth-order valence-corrected chi connectivity index (χ4v) is 2.36. The molecule has 0 radical (unpaired) electrons. The first kappa shape index (κ1) is 16.1. The van der Waals surface area contributed by atoms with Gasteiger partial charge in [-0.2, -0.15) is 0 Å². The Hall–Kier alpha value is -2.30. The Bertz CT molecular complexity index is 770. The summed E-state index contributed by atoms with van der Waals surface area (Å²) in [5, 5.41) is 3.67. The van der Waals surface area contributed by atoms with Gasteiger partial charge in [0.2, 0.25) is 0 Å². The van der Waals surface area contributed by atoms with Crippen molar-refractivity contribution >= 4 is 16.8 Å². The lowest BCUT2D eigenvalue weighted by molar-refractivity contribution is 0.0917. The van der Waals surface area contributed by atoms with E-state index in [4.69, 9.17) is 4.74 Å². The van der Waals surface area contributed by atoms with Crippen LogP contribution in [-0.2, 0) is 6.54 Å². The highest BCUT2D eigenvalue weighted by molar-refractivity contribution is 5.97. The van der Waals surface area contributed by atoms with E-state index in [-0.39, 0.29) is 17.0 Å². The molecule has 0 atom stereocenters. The van der Waals surface area contributed by atoms with Gasteiger partial charge in [0.15, 0.2) is 0 Å². The van der Waals surface area contributed by atoms with E-state index in [1.807, 2.05) is 45.9 Å². The van der Waals surface area contributed by atoms with Crippen molar-refractivity contribution in [3.05, 3.63) is 40.2 Å². The van der Waals surface area contributed by atoms with Crippen LogP contribution in [0.3, 0.4) is 0 Å². The lowest BCUT2D eigenvalue weighted by Crippen LogP contribution is -2.43. The van der Waals surface area contributed by atoms with Crippen LogP contribution in [0.4, 0.5) is 0 Å². The van der Waals surface area contributed by atoms with Gasteiger partial charge in [-0.3, -0.25) is 9.59 Å². The van der Waals surface area contributed by atoms with Crippen molar-refractivity contribution in [1.29, 1.82) is 0 Å². The van der Waals surface area contributed by atoms with E-state index >= 15 is 0 Å². The number of nitrogens with zero attached hydrogens (tertiary/aromatic N) is 1. The van der Waals surface area contributed by atoms with E-state index in [1.54, 1.807) is 17.7 Å². The van der Waals surface area contributed by atoms with Gasteiger partial charge in [-0.05, 0) is 51.3 Å². The smallest absolute Gasteiger partial charge is 0.263 e. The lowest BCUT2D eigenvalue weighted by atomic mass is 10.1. The maximum atomic E-state index is 12.6. The van der Waals surface area contributed by atoms with Crippen LogP contribution in [0.15, 0.2) is 29.1 Å². The molecule has 1 aromatic heterocycles. The summed E-state index contributed by atoms with van der Waals surface area (Å²) in [4.78, 5) is 25.0. The van der Waals surface area contributed by atoms with Crippen molar-refractivity contribution in [3.8, 4) is 5.75 Å². The molecular weight excluding hydrogens is 280 g/mol. The Morgan fingerprint density at radius 3 is 2.50 bits per heavy atom. The van der Waals surface area contributed by atoms with E-state index in [0.717, 1.165) is 10.9 Å². The molecule has 0 saturated heterocycles. The number of aromatic nitrogens is 1. The number of aryl methyl sites for hydroxylation is 1. The monoisotopic (exact) mass is 302 g/mol. The van der Waals surface area contributed by atoms with Gasteiger partial charge in [0.05, 0.1) is 12.6 Å². The van der Waals surface area contributed by atoms with Gasteiger partial charge in [-0.15, -0.1) is 0 Å². The van der Waals surface area contributed by atoms with Crippen molar-refractivity contribution in [2.75, 3.05) is 7.11 Å². The standard InChI is InChI=1S/C17H22N2O3/c1-6-19-14-10-12(22-5)8-7-11(14)9-13(16(19)21)15(20)18-17(2,3)4/h7-10H,6H2,1-5H3,(H,18,20). The minimum absolute atomic E-state index is 0.162. The summed E-state index contributed by atoms with van der Waals surface area (Å²) in [7, 11) is 1.58. The Morgan fingerprint density at radius 2 is 1.95 bits per heavy atom. The molecule has 118 valence electrons. The number of nitrogens with one attached hydrogen (secondary N) is 1. The summed E-state index contributed by atoms with van der Waals surface area (Å²) in [5.74, 6) is 0.332. The van der Waals surface area contributed by atoms with Gasteiger partial charge in [-0.25, -0.2) is 0 Å². The zero-order valence-corrected chi connectivity index (χ0v) is 13.7. The van der Waals surface area contributed by atoms with Crippen LogP contribution in [0.1, 0.15) is 38.1 Å². The molecule has 5 heteroatoms. The third-order valence-electron chi connectivity index (χ3n) is 3.35. The highest BCUT2D eigenvalue weighted by atomic mass is 16.5. The van der Waals surface area contributed by atoms with Crippen molar-refractivity contribution in [2.24, 2.45) is 0 Å². The van der Waals surface area contributed by atoms with E-state index in [2.05, 4.69) is 5.32 Å². The largest absolute Gasteiger partial charge is 0.497 e. The fraction of sp³-hybridized carbons (Fsp3) is 0.412. The Morgan fingerprint density at radius 1 is 1.27 bits per heavy atom. The summed E-state index contributed by atoms with van der Waals surface area (Å²) in [6.45, 7) is 8.02. The molecule has 0 bridgehead atoms. The molecule has 0 spiro atoms. The van der Waals surface area contributed by atoms with Crippen LogP contribution in [0.25, 0.3) is 10.9 Å². The van der Waals surface area contributed by atoms with Crippen molar-refractivity contribution < 1.29 is 9.53 Å². The van der Waals surface area contributed by atoms with Gasteiger partial charge in [0.25, 0.3) is 11.5 Å². The van der Waals surface area contributed by atoms with E-state index in [0.29, 0.717) is 12.3 Å². The van der Waals surface area contributed by atoms with Crippen LogP contribution >= 0.6 is 0 Å². The zero-order chi connectivity index (χ0) is 16.5. The molecule has 1 aromatic carbocycles. The Kier molecular flexibility index (Phi) is 4.26. The van der Waals surface area contributed by atoms with Crippen molar-refractivity contribution in [2.45, 2.75) is 39.8 Å². The number of rotatable bonds is 3. The van der Waals surface area contributed by atoms with E-state index in [9.17, 15) is 9.59 Å². The first-order valence-corrected chi connectivity index (χ1v) is 7.31. The fourth-order valence-electron chi connectivity index (χ4n) is 2.36. The van der Waals surface area contributed by atoms with Crippen LogP contribution in [0, 0.1) is 0 Å². The quantitative estimate of drug-likeness (QED) is 0.948. The summed E-state index contributed by atoms with van der Waals surface area (Å²) >= 11 is 0. The lowest BCUT2D eigenvalue weighted by Gasteiger charge is -2.21. The summed E-state index contributed by atoms with van der Waals surface area (Å²) in [6.07, 6.45) is 0. The first-order chi connectivity index (χ1) is 10.3. The van der Waals surface area contributed by atoms with Crippen molar-refractivity contribution in [3.63, 3.8) is 0 Å². The highest BCUT2D eigenvalue weighted by Crippen LogP contribution is 2.20. The third kappa shape index (κ3) is 3.13. The molecular formula is C17H22N2O3. The number of amides is 1. The van der Waals surface area contributed by atoms with Crippen molar-refractivity contribution in [1.82, 2.24) is 9.88 Å². The Labute approximate surface area is 129 Å². The maximum Gasteiger partial charge on any atom is 0.263 e. The second-order valence-corrected chi connectivity index (χ2v) is 6.24. The van der Waals surface area contributed by atoms with Gasteiger partial charge >= 0.3 is 0 Å². The average molecular weight is 302 g/mol. The number of ether oxygens (including phenoxy) is 1. The highest BCUT2D eigenvalue weighted by Gasteiger charge is 2.20. The second kappa shape index (κ2) is 5.83. The molecule has 1 N–H and O–H groups in total. The molecule has 0 saturated carbocycles. The molecule has 2 rings (SSSR count). The third-order valence-corrected chi connectivity index (χ3v) is 3.35. The average Bonchev–Trinajstić information content (AvgIpc) is 2.44. The van der Waals surface area contributed by atoms with E-state index < -0.39 is 5.54 Å². The predicted molar refractivity (Wildman–Crippen MR) is 87.7 cm³/mol. The zero-order valence-electron chi connectivity index (χ0n) is 13.7. The molecule has 0 aliphatic rings. The maximum absolute atomic E-state index is 12.6. The number of benzene rings is 1. The number of methoxy groups -OCH3 is 1. The number of carbonyl (C=O) groups is 1. The number of pyridine rings is 1. The summed E-state index contributed by atoms with van der Waals surface area (Å²) in [5.41, 5.74) is 0.244. The molecule has 5 nitrogen and oxygen atoms in total. The SMILES string of the molecule is CCn1c(=O)c(C(=O)NC(C)(C)C)cc2ccc(OC)cc21. The van der Waals surface area contributed by atoms with Crippen LogP contribution < -0.4 is 15.6 Å². The minimum Gasteiger partial charge on any atom is -0.497 e. The predicted octanol–water partition coefficient (Wildman–Crippen LogP) is 2.56. The number of carbonyl (C=O) groups excluding carboxylic acids is 1. The Balaban J connectivity index is 2.65. The summed E-state index contributed by atoms with van der Waals surface area (Å²) in [6, 6.07) is 7.13. The van der Waals surface area contributed by atoms with Crippen LogP contribution in [0.5, 0.6) is 5.75 Å². The number of hydrogen-bond acceptors (Lipinski definition) is 3. The summed E-state index contributed by atoms with van der Waals surface area (Å²) < 4.78 is 6.80. The number of fused-ring (bicyclic) bond motifs is 1. The molecule has 2 aromatic rings. The van der Waals surface area contributed by atoms with Gasteiger partial charge in [-0.1, -0.05) is 0 Å². The molecule has 1 amide bonds. The topological polar surface area (TPSA) is 60.3 Å². The minimum atomic E-state index is -0.393. The molecule has 0 unspecified atom stereocenters. The van der Waals surface area contributed by atoms with Gasteiger partial charge < -0.3 is 14.6 Å². The normalized spacial score (nSPS) is 11.5. The van der Waals surface area contributed by atoms with Gasteiger partial charge in [0, 0.05) is 18.2 Å². The second-order valence-electron chi connectivity index (χ2n) is 6.24.